The third-order valence-corrected chi connectivity index (χ3v) is 3.80. The maximum atomic E-state index is 5.70. The summed E-state index contributed by atoms with van der Waals surface area (Å²) in [5.74, 6) is 0.890. The Labute approximate surface area is 105 Å². The van der Waals surface area contributed by atoms with Crippen molar-refractivity contribution in [1.29, 1.82) is 0 Å². The van der Waals surface area contributed by atoms with Crippen molar-refractivity contribution >= 4 is 25.3 Å². The lowest BCUT2D eigenvalue weighted by atomic mass is 9.97. The summed E-state index contributed by atoms with van der Waals surface area (Å²) in [7, 11) is 0. The van der Waals surface area contributed by atoms with E-state index < -0.39 is 0 Å². The van der Waals surface area contributed by atoms with E-state index in [9.17, 15) is 0 Å². The van der Waals surface area contributed by atoms with E-state index in [0.717, 1.165) is 21.1 Å². The molecule has 0 unspecified atom stereocenters. The van der Waals surface area contributed by atoms with Crippen molar-refractivity contribution in [2.75, 3.05) is 0 Å². The normalized spacial score (nSPS) is 12.6. The summed E-state index contributed by atoms with van der Waals surface area (Å²) in [6.45, 7) is 0.627. The smallest absolute Gasteiger partial charge is 0.128 e. The largest absolute Gasteiger partial charge is 0.488 e. The fourth-order valence-corrected chi connectivity index (χ4v) is 2.48. The maximum absolute atomic E-state index is 5.70. The summed E-state index contributed by atoms with van der Waals surface area (Å²) in [5.41, 5.74) is 3.45. The molecule has 0 saturated heterocycles. The second-order valence-corrected chi connectivity index (χ2v) is 4.68. The van der Waals surface area contributed by atoms with E-state index >= 15 is 0 Å². The van der Waals surface area contributed by atoms with Crippen LogP contribution in [-0.2, 0) is 6.61 Å². The zero-order valence-electron chi connectivity index (χ0n) is 8.47. The van der Waals surface area contributed by atoms with Gasteiger partial charge in [0.25, 0.3) is 0 Å². The molecule has 3 heteroatoms. The summed E-state index contributed by atoms with van der Waals surface area (Å²) < 4.78 is 5.70. The van der Waals surface area contributed by atoms with Gasteiger partial charge in [0.1, 0.15) is 12.4 Å². The molecule has 0 radical (unpaired) electrons. The molecule has 16 heavy (non-hydrogen) atoms. The number of benzene rings is 2. The molecule has 0 aromatic heterocycles. The van der Waals surface area contributed by atoms with Gasteiger partial charge >= 0.3 is 0 Å². The predicted molar refractivity (Wildman–Crippen MR) is 70.7 cm³/mol. The molecule has 1 heterocycles. The minimum Gasteiger partial charge on any atom is -0.488 e. The Balaban J connectivity index is 2.34. The van der Waals surface area contributed by atoms with Crippen LogP contribution in [-0.4, -0.2) is 0 Å². The number of fused-ring (bicyclic) bond motifs is 3. The van der Waals surface area contributed by atoms with E-state index in [0.29, 0.717) is 6.61 Å². The van der Waals surface area contributed by atoms with Gasteiger partial charge in [-0.05, 0) is 23.3 Å². The molecule has 1 aliphatic rings. The molecule has 80 valence electrons. The number of rotatable bonds is 0. The lowest BCUT2D eigenvalue weighted by molar-refractivity contribution is 0.301. The van der Waals surface area contributed by atoms with Gasteiger partial charge in [-0.1, -0.05) is 24.3 Å². The molecule has 2 aromatic rings. The third-order valence-electron chi connectivity index (χ3n) is 2.79. The highest BCUT2D eigenvalue weighted by Gasteiger charge is 2.19. The Morgan fingerprint density at radius 1 is 1.00 bits per heavy atom. The Morgan fingerprint density at radius 3 is 2.69 bits per heavy atom. The molecule has 1 nitrogen and oxygen atoms in total. The first-order chi connectivity index (χ1) is 7.77. The van der Waals surface area contributed by atoms with Gasteiger partial charge in [-0.15, -0.1) is 25.3 Å². The zero-order valence-corrected chi connectivity index (χ0v) is 10.3. The Bertz CT molecular complexity index is 564. The number of thiol groups is 2. The summed E-state index contributed by atoms with van der Waals surface area (Å²) in [4.78, 5) is 1.76. The first kappa shape index (κ1) is 10.1. The van der Waals surface area contributed by atoms with Gasteiger partial charge in [-0.2, -0.15) is 0 Å². The lowest BCUT2D eigenvalue weighted by Gasteiger charge is -2.22. The van der Waals surface area contributed by atoms with Crippen LogP contribution in [0.5, 0.6) is 5.75 Å². The van der Waals surface area contributed by atoms with E-state index in [1.807, 2.05) is 24.3 Å². The van der Waals surface area contributed by atoms with Crippen molar-refractivity contribution in [2.45, 2.75) is 16.4 Å². The van der Waals surface area contributed by atoms with Crippen molar-refractivity contribution in [3.05, 3.63) is 42.0 Å². The van der Waals surface area contributed by atoms with Crippen molar-refractivity contribution in [3.8, 4) is 16.9 Å². The molecule has 0 spiro atoms. The fourth-order valence-electron chi connectivity index (χ4n) is 1.99. The minimum atomic E-state index is 0.627. The summed E-state index contributed by atoms with van der Waals surface area (Å²) >= 11 is 8.91. The van der Waals surface area contributed by atoms with Crippen LogP contribution < -0.4 is 4.74 Å². The monoisotopic (exact) mass is 246 g/mol. The van der Waals surface area contributed by atoms with Crippen LogP contribution in [0.1, 0.15) is 5.56 Å². The van der Waals surface area contributed by atoms with Gasteiger partial charge in [-0.25, -0.2) is 0 Å². The number of hydrogen-bond donors (Lipinski definition) is 2. The highest BCUT2D eigenvalue weighted by Crippen LogP contribution is 2.43. The first-order valence-electron chi connectivity index (χ1n) is 5.03. The van der Waals surface area contributed by atoms with Crippen LogP contribution in [0, 0.1) is 0 Å². The molecule has 0 atom stereocenters. The van der Waals surface area contributed by atoms with Gasteiger partial charge in [0, 0.05) is 15.4 Å². The van der Waals surface area contributed by atoms with Crippen molar-refractivity contribution < 1.29 is 4.74 Å². The molecule has 0 N–H and O–H groups in total. The average Bonchev–Trinajstić information content (AvgIpc) is 2.33. The first-order valence-corrected chi connectivity index (χ1v) is 5.93. The third kappa shape index (κ3) is 1.43. The van der Waals surface area contributed by atoms with Crippen molar-refractivity contribution in [1.82, 2.24) is 0 Å². The van der Waals surface area contributed by atoms with Crippen LogP contribution in [0.25, 0.3) is 11.1 Å². The zero-order chi connectivity index (χ0) is 11.1. The van der Waals surface area contributed by atoms with Gasteiger partial charge in [-0.3, -0.25) is 0 Å². The number of ether oxygens (including phenoxy) is 1. The topological polar surface area (TPSA) is 9.23 Å². The average molecular weight is 246 g/mol. The SMILES string of the molecule is Sc1ccc2c(c1S)-c1ccccc1CO2. The van der Waals surface area contributed by atoms with Crippen LogP contribution in [0.2, 0.25) is 0 Å². The predicted octanol–water partition coefficient (Wildman–Crippen LogP) is 3.82. The van der Waals surface area contributed by atoms with Crippen molar-refractivity contribution in [2.24, 2.45) is 0 Å². The van der Waals surface area contributed by atoms with Gasteiger partial charge in [0.15, 0.2) is 0 Å². The van der Waals surface area contributed by atoms with Crippen LogP contribution in [0.4, 0.5) is 0 Å². The van der Waals surface area contributed by atoms with Gasteiger partial charge in [0.2, 0.25) is 0 Å². The van der Waals surface area contributed by atoms with E-state index in [1.165, 1.54) is 11.1 Å². The summed E-state index contributed by atoms with van der Waals surface area (Å²) in [6, 6.07) is 12.1. The van der Waals surface area contributed by atoms with E-state index in [2.05, 4.69) is 37.4 Å². The highest BCUT2D eigenvalue weighted by atomic mass is 32.1. The van der Waals surface area contributed by atoms with Crippen LogP contribution >= 0.6 is 25.3 Å². The molecule has 0 fully saturated rings. The van der Waals surface area contributed by atoms with Gasteiger partial charge in [0.05, 0.1) is 0 Å². The second-order valence-electron chi connectivity index (χ2n) is 3.75. The Kier molecular flexibility index (Phi) is 2.37. The molecular formula is C13H10OS2. The maximum Gasteiger partial charge on any atom is 0.128 e. The minimum absolute atomic E-state index is 0.627. The standard InChI is InChI=1S/C13H10OS2/c15-11-6-5-10-12(13(11)16)9-4-2-1-3-8(9)7-14-10/h1-6,15-16H,7H2. The Morgan fingerprint density at radius 2 is 1.81 bits per heavy atom. The van der Waals surface area contributed by atoms with E-state index in [1.54, 1.807) is 0 Å². The van der Waals surface area contributed by atoms with Crippen molar-refractivity contribution in [3.63, 3.8) is 0 Å². The lowest BCUT2D eigenvalue weighted by Crippen LogP contribution is -2.05. The molecule has 1 aliphatic heterocycles. The molecule has 0 saturated carbocycles. The summed E-state index contributed by atoms with van der Waals surface area (Å²) in [6.07, 6.45) is 0. The molecule has 3 rings (SSSR count). The number of hydrogen-bond acceptors (Lipinski definition) is 3. The van der Waals surface area contributed by atoms with E-state index in [4.69, 9.17) is 4.74 Å². The van der Waals surface area contributed by atoms with Crippen LogP contribution in [0.3, 0.4) is 0 Å². The second kappa shape index (κ2) is 3.75. The van der Waals surface area contributed by atoms with Gasteiger partial charge < -0.3 is 4.74 Å². The molecule has 0 aliphatic carbocycles. The van der Waals surface area contributed by atoms with E-state index in [-0.39, 0.29) is 0 Å². The fraction of sp³-hybridized carbons (Fsp3) is 0.0769. The Hall–Kier alpha value is -1.06. The highest BCUT2D eigenvalue weighted by molar-refractivity contribution is 7.83. The summed E-state index contributed by atoms with van der Waals surface area (Å²) in [5, 5.41) is 0. The van der Waals surface area contributed by atoms with Crippen LogP contribution in [0.15, 0.2) is 46.2 Å². The quantitative estimate of drug-likeness (QED) is 0.672. The molecule has 0 bridgehead atoms. The molecular weight excluding hydrogens is 236 g/mol. The molecule has 2 aromatic carbocycles. The molecule has 0 amide bonds.